The number of hydrogen-bond donors (Lipinski definition) is 1. The van der Waals surface area contributed by atoms with E-state index in [1.54, 1.807) is 11.3 Å². The first-order valence-electron chi connectivity index (χ1n) is 7.81. The van der Waals surface area contributed by atoms with E-state index in [1.807, 2.05) is 11.1 Å². The van der Waals surface area contributed by atoms with Crippen molar-refractivity contribution in [3.05, 3.63) is 16.1 Å². The number of carbonyl (C=O) groups excluding carboxylic acids is 1. The fourth-order valence-electron chi connectivity index (χ4n) is 3.23. The average Bonchev–Trinajstić information content (AvgIpc) is 3.19. The first-order chi connectivity index (χ1) is 10.2. The van der Waals surface area contributed by atoms with Gasteiger partial charge in [-0.3, -0.25) is 0 Å². The normalized spacial score (nSPS) is 25.5. The molecule has 0 saturated carbocycles. The van der Waals surface area contributed by atoms with Gasteiger partial charge in [0, 0.05) is 37.2 Å². The molecule has 3 heterocycles. The van der Waals surface area contributed by atoms with Crippen LogP contribution in [0.4, 0.5) is 4.79 Å². The molecule has 116 valence electrons. The lowest BCUT2D eigenvalue weighted by molar-refractivity contribution is 0.0521. The summed E-state index contributed by atoms with van der Waals surface area (Å²) in [7, 11) is 0. The van der Waals surface area contributed by atoms with Gasteiger partial charge in [-0.25, -0.2) is 9.78 Å². The molecule has 2 amide bonds. The van der Waals surface area contributed by atoms with E-state index in [4.69, 9.17) is 4.74 Å². The molecule has 2 atom stereocenters. The molecule has 0 bridgehead atoms. The Morgan fingerprint density at radius 2 is 2.43 bits per heavy atom. The van der Waals surface area contributed by atoms with Gasteiger partial charge in [-0.1, -0.05) is 0 Å². The fraction of sp³-hybridized carbons (Fsp3) is 0.733. The minimum Gasteiger partial charge on any atom is -0.376 e. The van der Waals surface area contributed by atoms with E-state index in [0.717, 1.165) is 50.3 Å². The number of nitrogens with zero attached hydrogens (tertiary/aromatic N) is 2. The third kappa shape index (κ3) is 3.55. The van der Waals surface area contributed by atoms with Crippen LogP contribution in [0.25, 0.3) is 0 Å². The molecule has 1 aromatic rings. The van der Waals surface area contributed by atoms with E-state index in [-0.39, 0.29) is 18.2 Å². The van der Waals surface area contributed by atoms with Gasteiger partial charge in [-0.05, 0) is 32.6 Å². The SMILES string of the molecule is Cc1cnc(CCNC(=O)N2CCC[C@@H]2[C@H]2CCCO2)s1. The van der Waals surface area contributed by atoms with E-state index in [0.29, 0.717) is 6.54 Å². The lowest BCUT2D eigenvalue weighted by Gasteiger charge is -2.28. The van der Waals surface area contributed by atoms with E-state index >= 15 is 0 Å². The first-order valence-corrected chi connectivity index (χ1v) is 8.63. The Labute approximate surface area is 129 Å². The van der Waals surface area contributed by atoms with Crippen LogP contribution in [0, 0.1) is 6.92 Å². The molecule has 2 aliphatic heterocycles. The van der Waals surface area contributed by atoms with Crippen molar-refractivity contribution >= 4 is 17.4 Å². The Balaban J connectivity index is 1.47. The van der Waals surface area contributed by atoms with Crippen LogP contribution in [0.2, 0.25) is 0 Å². The summed E-state index contributed by atoms with van der Waals surface area (Å²) in [6.45, 7) is 4.41. The number of likely N-dealkylation sites (tertiary alicyclic amines) is 1. The van der Waals surface area contributed by atoms with Crippen LogP contribution in [-0.4, -0.2) is 47.8 Å². The standard InChI is InChI=1S/C15H23N3O2S/c1-11-10-17-14(21-11)6-7-16-15(19)18-8-2-4-12(18)13-5-3-9-20-13/h10,12-13H,2-9H2,1H3,(H,16,19)/t12-,13-/m1/s1. The molecule has 2 aliphatic rings. The van der Waals surface area contributed by atoms with Crippen LogP contribution < -0.4 is 5.32 Å². The summed E-state index contributed by atoms with van der Waals surface area (Å²) in [5, 5.41) is 4.12. The Morgan fingerprint density at radius 1 is 1.52 bits per heavy atom. The third-order valence-electron chi connectivity index (χ3n) is 4.24. The monoisotopic (exact) mass is 309 g/mol. The number of ether oxygens (including phenoxy) is 1. The number of aromatic nitrogens is 1. The van der Waals surface area contributed by atoms with Crippen LogP contribution in [-0.2, 0) is 11.2 Å². The molecular formula is C15H23N3O2S. The molecule has 2 fully saturated rings. The van der Waals surface area contributed by atoms with Crippen LogP contribution in [0.3, 0.4) is 0 Å². The lowest BCUT2D eigenvalue weighted by atomic mass is 10.1. The number of hydrogen-bond acceptors (Lipinski definition) is 4. The Hall–Kier alpha value is -1.14. The summed E-state index contributed by atoms with van der Waals surface area (Å²) in [4.78, 5) is 19.9. The molecule has 0 radical (unpaired) electrons. The van der Waals surface area contributed by atoms with Crippen LogP contribution in [0.1, 0.15) is 35.6 Å². The fourth-order valence-corrected chi connectivity index (χ4v) is 4.02. The van der Waals surface area contributed by atoms with Crippen LogP contribution in [0.5, 0.6) is 0 Å². The third-order valence-corrected chi connectivity index (χ3v) is 5.21. The zero-order valence-corrected chi connectivity index (χ0v) is 13.3. The van der Waals surface area contributed by atoms with Crippen molar-refractivity contribution in [3.63, 3.8) is 0 Å². The highest BCUT2D eigenvalue weighted by molar-refractivity contribution is 7.11. The first kappa shape index (κ1) is 14.8. The second kappa shape index (κ2) is 6.75. The predicted octanol–water partition coefficient (Wildman–Crippen LogP) is 2.35. The van der Waals surface area contributed by atoms with Gasteiger partial charge < -0.3 is 15.0 Å². The second-order valence-corrected chi connectivity index (χ2v) is 7.12. The molecule has 2 saturated heterocycles. The number of nitrogens with one attached hydrogen (secondary N) is 1. The van der Waals surface area contributed by atoms with Crippen molar-refractivity contribution in [3.8, 4) is 0 Å². The highest BCUT2D eigenvalue weighted by Crippen LogP contribution is 2.27. The summed E-state index contributed by atoms with van der Waals surface area (Å²) < 4.78 is 5.76. The van der Waals surface area contributed by atoms with E-state index in [1.165, 1.54) is 4.88 Å². The van der Waals surface area contributed by atoms with Crippen molar-refractivity contribution in [2.24, 2.45) is 0 Å². The molecule has 3 rings (SSSR count). The molecular weight excluding hydrogens is 286 g/mol. The van der Waals surface area contributed by atoms with Crippen LogP contribution >= 0.6 is 11.3 Å². The summed E-state index contributed by atoms with van der Waals surface area (Å²) in [5.41, 5.74) is 0. The minimum atomic E-state index is 0.0567. The summed E-state index contributed by atoms with van der Waals surface area (Å²) in [6, 6.07) is 0.330. The van der Waals surface area contributed by atoms with Gasteiger partial charge in [-0.15, -0.1) is 11.3 Å². The smallest absolute Gasteiger partial charge is 0.317 e. The average molecular weight is 309 g/mol. The summed E-state index contributed by atoms with van der Waals surface area (Å²) in [5.74, 6) is 0. The number of thiazole rings is 1. The maximum Gasteiger partial charge on any atom is 0.317 e. The van der Waals surface area contributed by atoms with Gasteiger partial charge in [-0.2, -0.15) is 0 Å². The van der Waals surface area contributed by atoms with E-state index in [9.17, 15) is 4.79 Å². The minimum absolute atomic E-state index is 0.0567. The second-order valence-electron chi connectivity index (χ2n) is 5.80. The van der Waals surface area contributed by atoms with E-state index < -0.39 is 0 Å². The molecule has 21 heavy (non-hydrogen) atoms. The molecule has 1 N–H and O–H groups in total. The topological polar surface area (TPSA) is 54.5 Å². The Kier molecular flexibility index (Phi) is 4.75. The zero-order chi connectivity index (χ0) is 14.7. The van der Waals surface area contributed by atoms with Crippen LogP contribution in [0.15, 0.2) is 6.20 Å². The maximum atomic E-state index is 12.4. The molecule has 5 nitrogen and oxygen atoms in total. The van der Waals surface area contributed by atoms with Gasteiger partial charge in [0.1, 0.15) is 0 Å². The summed E-state index contributed by atoms with van der Waals surface area (Å²) in [6.07, 6.45) is 7.32. The molecule has 0 spiro atoms. The Bertz CT molecular complexity index is 485. The largest absolute Gasteiger partial charge is 0.376 e. The molecule has 1 aromatic heterocycles. The molecule has 6 heteroatoms. The van der Waals surface area contributed by atoms with Gasteiger partial charge in [0.15, 0.2) is 0 Å². The number of urea groups is 1. The predicted molar refractivity (Wildman–Crippen MR) is 82.7 cm³/mol. The molecule has 0 aliphatic carbocycles. The summed E-state index contributed by atoms with van der Waals surface area (Å²) >= 11 is 1.70. The maximum absolute atomic E-state index is 12.4. The van der Waals surface area contributed by atoms with Crippen molar-refractivity contribution in [1.82, 2.24) is 15.2 Å². The zero-order valence-electron chi connectivity index (χ0n) is 12.5. The van der Waals surface area contributed by atoms with E-state index in [2.05, 4.69) is 17.2 Å². The highest BCUT2D eigenvalue weighted by Gasteiger charge is 2.36. The number of aryl methyl sites for hydroxylation is 1. The van der Waals surface area contributed by atoms with Gasteiger partial charge in [0.05, 0.1) is 17.2 Å². The van der Waals surface area contributed by atoms with Gasteiger partial charge in [0.2, 0.25) is 0 Å². The van der Waals surface area contributed by atoms with Crippen molar-refractivity contribution in [1.29, 1.82) is 0 Å². The highest BCUT2D eigenvalue weighted by atomic mass is 32.1. The number of rotatable bonds is 4. The van der Waals surface area contributed by atoms with Gasteiger partial charge >= 0.3 is 6.03 Å². The molecule has 0 aromatic carbocycles. The number of amides is 2. The van der Waals surface area contributed by atoms with Crippen molar-refractivity contribution in [2.45, 2.75) is 51.2 Å². The lowest BCUT2D eigenvalue weighted by Crippen LogP contribution is -2.47. The Morgan fingerprint density at radius 3 is 3.14 bits per heavy atom. The van der Waals surface area contributed by atoms with Gasteiger partial charge in [0.25, 0.3) is 0 Å². The number of carbonyl (C=O) groups is 1. The van der Waals surface area contributed by atoms with Crippen molar-refractivity contribution < 1.29 is 9.53 Å². The molecule has 0 unspecified atom stereocenters. The quantitative estimate of drug-likeness (QED) is 0.929. The van der Waals surface area contributed by atoms with Crippen molar-refractivity contribution in [2.75, 3.05) is 19.7 Å².